The predicted octanol–water partition coefficient (Wildman–Crippen LogP) is 2.30. The van der Waals surface area contributed by atoms with Crippen LogP contribution in [-0.4, -0.2) is 24.9 Å². The first-order valence-electron chi connectivity index (χ1n) is 5.78. The molecule has 8 heteroatoms. The molecular weight excluding hydrogens is 281 g/mol. The Bertz CT molecular complexity index is 709. The molecule has 2 heterocycles. The van der Waals surface area contributed by atoms with E-state index in [0.29, 0.717) is 23.0 Å². The van der Waals surface area contributed by atoms with Gasteiger partial charge in [0.1, 0.15) is 12.1 Å². The van der Waals surface area contributed by atoms with Gasteiger partial charge in [0.05, 0.1) is 5.75 Å². The largest absolute Gasteiger partial charge is 0.334 e. The minimum Gasteiger partial charge on any atom is -0.334 e. The van der Waals surface area contributed by atoms with Gasteiger partial charge in [-0.2, -0.15) is 4.98 Å². The number of aromatic nitrogens is 5. The summed E-state index contributed by atoms with van der Waals surface area (Å²) >= 11 is 1.46. The number of benzene rings is 1. The van der Waals surface area contributed by atoms with Gasteiger partial charge in [-0.1, -0.05) is 16.9 Å². The van der Waals surface area contributed by atoms with Crippen LogP contribution in [-0.2, 0) is 12.8 Å². The molecule has 0 aliphatic rings. The van der Waals surface area contributed by atoms with E-state index >= 15 is 0 Å². The summed E-state index contributed by atoms with van der Waals surface area (Å²) in [5.41, 5.74) is 0.689. The van der Waals surface area contributed by atoms with Gasteiger partial charge in [0.15, 0.2) is 11.0 Å². The molecule has 0 aliphatic heterocycles. The van der Waals surface area contributed by atoms with Crippen molar-refractivity contribution in [2.45, 2.75) is 10.9 Å². The van der Waals surface area contributed by atoms with E-state index in [-0.39, 0.29) is 5.82 Å². The van der Waals surface area contributed by atoms with Gasteiger partial charge in [-0.05, 0) is 24.3 Å². The summed E-state index contributed by atoms with van der Waals surface area (Å²) in [6.45, 7) is 0. The third-order valence-electron chi connectivity index (χ3n) is 2.56. The van der Waals surface area contributed by atoms with Gasteiger partial charge >= 0.3 is 0 Å². The Kier molecular flexibility index (Phi) is 3.46. The molecule has 0 radical (unpaired) electrons. The zero-order chi connectivity index (χ0) is 13.9. The van der Waals surface area contributed by atoms with Gasteiger partial charge < -0.3 is 9.09 Å². The van der Waals surface area contributed by atoms with Crippen molar-refractivity contribution in [3.05, 3.63) is 42.2 Å². The van der Waals surface area contributed by atoms with E-state index in [4.69, 9.17) is 4.52 Å². The van der Waals surface area contributed by atoms with E-state index < -0.39 is 0 Å². The molecule has 0 aliphatic carbocycles. The highest BCUT2D eigenvalue weighted by atomic mass is 32.2. The summed E-state index contributed by atoms with van der Waals surface area (Å²) in [4.78, 5) is 4.26. The molecule has 3 rings (SSSR count). The van der Waals surface area contributed by atoms with Crippen LogP contribution in [0.3, 0.4) is 0 Å². The zero-order valence-electron chi connectivity index (χ0n) is 10.5. The molecule has 0 spiro atoms. The molecule has 0 unspecified atom stereocenters. The average Bonchev–Trinajstić information content (AvgIpc) is 3.06. The molecule has 1 aromatic carbocycles. The van der Waals surface area contributed by atoms with Crippen LogP contribution in [0.5, 0.6) is 0 Å². The lowest BCUT2D eigenvalue weighted by molar-refractivity contribution is 0.425. The van der Waals surface area contributed by atoms with Gasteiger partial charge in [0.2, 0.25) is 0 Å². The summed E-state index contributed by atoms with van der Waals surface area (Å²) in [7, 11) is 1.86. The van der Waals surface area contributed by atoms with Crippen molar-refractivity contribution in [2.24, 2.45) is 7.05 Å². The molecular formula is C12H10FN5OS. The Balaban J connectivity index is 1.71. The maximum Gasteiger partial charge on any atom is 0.257 e. The molecule has 2 aromatic heterocycles. The minimum atomic E-state index is -0.300. The van der Waals surface area contributed by atoms with Crippen LogP contribution in [0.25, 0.3) is 11.5 Å². The summed E-state index contributed by atoms with van der Waals surface area (Å²) in [6, 6.07) is 5.91. The SMILES string of the molecule is Cn1cnnc1SCc1noc(-c2ccc(F)cc2)n1. The smallest absolute Gasteiger partial charge is 0.257 e. The summed E-state index contributed by atoms with van der Waals surface area (Å²) in [5.74, 6) is 1.15. The fourth-order valence-corrected chi connectivity index (χ4v) is 2.29. The maximum absolute atomic E-state index is 12.8. The van der Waals surface area contributed by atoms with E-state index in [9.17, 15) is 4.39 Å². The molecule has 0 N–H and O–H groups in total. The first-order valence-corrected chi connectivity index (χ1v) is 6.76. The van der Waals surface area contributed by atoms with Crippen LogP contribution in [0.1, 0.15) is 5.82 Å². The van der Waals surface area contributed by atoms with Crippen molar-refractivity contribution in [3.8, 4) is 11.5 Å². The van der Waals surface area contributed by atoms with Gasteiger partial charge in [-0.3, -0.25) is 0 Å². The first-order chi connectivity index (χ1) is 9.72. The fourth-order valence-electron chi connectivity index (χ4n) is 1.55. The first kappa shape index (κ1) is 12.8. The van der Waals surface area contributed by atoms with Crippen molar-refractivity contribution in [2.75, 3.05) is 0 Å². The van der Waals surface area contributed by atoms with Crippen molar-refractivity contribution in [3.63, 3.8) is 0 Å². The molecule has 0 saturated carbocycles. The summed E-state index contributed by atoms with van der Waals surface area (Å²) in [5, 5.41) is 12.4. The van der Waals surface area contributed by atoms with E-state index in [2.05, 4.69) is 20.3 Å². The molecule has 0 bridgehead atoms. The third-order valence-corrected chi connectivity index (χ3v) is 3.59. The molecule has 0 amide bonds. The number of nitrogens with zero attached hydrogens (tertiary/aromatic N) is 5. The minimum absolute atomic E-state index is 0.300. The highest BCUT2D eigenvalue weighted by Gasteiger charge is 2.10. The van der Waals surface area contributed by atoms with Gasteiger partial charge in [0.25, 0.3) is 5.89 Å². The molecule has 0 atom stereocenters. The van der Waals surface area contributed by atoms with E-state index in [0.717, 1.165) is 5.16 Å². The van der Waals surface area contributed by atoms with Crippen molar-refractivity contribution < 1.29 is 8.91 Å². The lowest BCUT2D eigenvalue weighted by atomic mass is 10.2. The number of hydrogen-bond donors (Lipinski definition) is 0. The van der Waals surface area contributed by atoms with Gasteiger partial charge in [-0.25, -0.2) is 4.39 Å². The second-order valence-corrected chi connectivity index (χ2v) is 4.98. The molecule has 102 valence electrons. The number of rotatable bonds is 4. The number of hydrogen-bond acceptors (Lipinski definition) is 6. The number of thioether (sulfide) groups is 1. The molecule has 0 fully saturated rings. The fraction of sp³-hybridized carbons (Fsp3) is 0.167. The lowest BCUT2D eigenvalue weighted by Crippen LogP contribution is -1.91. The van der Waals surface area contributed by atoms with Crippen molar-refractivity contribution in [1.82, 2.24) is 24.9 Å². The average molecular weight is 291 g/mol. The van der Waals surface area contributed by atoms with E-state index in [1.165, 1.54) is 23.9 Å². The second kappa shape index (κ2) is 5.41. The molecule has 0 saturated heterocycles. The quantitative estimate of drug-likeness (QED) is 0.687. The number of aryl methyl sites for hydroxylation is 1. The van der Waals surface area contributed by atoms with Crippen molar-refractivity contribution in [1.29, 1.82) is 0 Å². The van der Waals surface area contributed by atoms with Crippen LogP contribution in [0.2, 0.25) is 0 Å². The molecule has 3 aromatic rings. The third kappa shape index (κ3) is 2.69. The topological polar surface area (TPSA) is 69.6 Å². The Hall–Kier alpha value is -2.22. The predicted molar refractivity (Wildman–Crippen MR) is 70.3 cm³/mol. The monoisotopic (exact) mass is 291 g/mol. The van der Waals surface area contributed by atoms with Crippen LogP contribution >= 0.6 is 11.8 Å². The van der Waals surface area contributed by atoms with Gasteiger partial charge in [-0.15, -0.1) is 10.2 Å². The molecule has 6 nitrogen and oxygen atoms in total. The second-order valence-electron chi connectivity index (χ2n) is 4.04. The van der Waals surface area contributed by atoms with Crippen molar-refractivity contribution >= 4 is 11.8 Å². The van der Waals surface area contributed by atoms with Crippen LogP contribution in [0.15, 0.2) is 40.3 Å². The highest BCUT2D eigenvalue weighted by Crippen LogP contribution is 2.21. The molecule has 20 heavy (non-hydrogen) atoms. The van der Waals surface area contributed by atoms with E-state index in [1.807, 2.05) is 11.6 Å². The normalized spacial score (nSPS) is 10.9. The summed E-state index contributed by atoms with van der Waals surface area (Å²) < 4.78 is 19.8. The Labute approximate surface area is 118 Å². The Morgan fingerprint density at radius 2 is 2.10 bits per heavy atom. The summed E-state index contributed by atoms with van der Waals surface area (Å²) in [6.07, 6.45) is 1.63. The standard InChI is InChI=1S/C12H10FN5OS/c1-18-7-14-16-12(18)20-6-10-15-11(19-17-10)8-2-4-9(13)5-3-8/h2-5,7H,6H2,1H3. The van der Waals surface area contributed by atoms with Crippen LogP contribution in [0.4, 0.5) is 4.39 Å². The Morgan fingerprint density at radius 1 is 1.30 bits per heavy atom. The van der Waals surface area contributed by atoms with E-state index in [1.54, 1.807) is 18.5 Å². The van der Waals surface area contributed by atoms with Crippen LogP contribution in [0, 0.1) is 5.82 Å². The van der Waals surface area contributed by atoms with Crippen LogP contribution < -0.4 is 0 Å². The maximum atomic E-state index is 12.8. The zero-order valence-corrected chi connectivity index (χ0v) is 11.3. The number of halogens is 1. The Morgan fingerprint density at radius 3 is 2.80 bits per heavy atom. The lowest BCUT2D eigenvalue weighted by Gasteiger charge is -1.95. The van der Waals surface area contributed by atoms with Gasteiger partial charge in [0, 0.05) is 12.6 Å². The highest BCUT2D eigenvalue weighted by molar-refractivity contribution is 7.98.